The van der Waals surface area contributed by atoms with Crippen molar-refractivity contribution in [1.29, 1.82) is 0 Å². The second-order valence-corrected chi connectivity index (χ2v) is 12.5. The molecule has 0 N–H and O–H groups in total. The van der Waals surface area contributed by atoms with Crippen LogP contribution in [-0.4, -0.2) is 9.55 Å². The Morgan fingerprint density at radius 2 is 1.26 bits per heavy atom. The third-order valence-electron chi connectivity index (χ3n) is 7.56. The van der Waals surface area contributed by atoms with Crippen LogP contribution in [0, 0.1) is 6.92 Å². The predicted octanol–water partition coefficient (Wildman–Crippen LogP) is 12.3. The highest BCUT2D eigenvalue weighted by Gasteiger charge is 2.31. The van der Waals surface area contributed by atoms with Crippen LogP contribution in [0.25, 0.3) is 38.7 Å². The summed E-state index contributed by atoms with van der Waals surface area (Å²) < 4.78 is 8.52. The molecule has 42 heavy (non-hydrogen) atoms. The first kappa shape index (κ1) is 27.9. The second-order valence-electron chi connectivity index (χ2n) is 10.0. The third kappa shape index (κ3) is 4.38. The highest BCUT2D eigenvalue weighted by molar-refractivity contribution is 6.40. The van der Waals surface area contributed by atoms with E-state index in [0.29, 0.717) is 41.3 Å². The van der Waals surface area contributed by atoms with E-state index in [1.54, 1.807) is 12.1 Å². The van der Waals surface area contributed by atoms with Crippen molar-refractivity contribution < 1.29 is 4.42 Å². The highest BCUT2D eigenvalue weighted by atomic mass is 35.5. The highest BCUT2D eigenvalue weighted by Crippen LogP contribution is 2.49. The molecule has 0 aliphatic rings. The molecule has 9 heteroatoms. The molecule has 0 fully saturated rings. The van der Waals surface area contributed by atoms with Gasteiger partial charge in [0, 0.05) is 66.0 Å². The van der Waals surface area contributed by atoms with Crippen molar-refractivity contribution in [1.82, 2.24) is 9.55 Å². The summed E-state index contributed by atoms with van der Waals surface area (Å²) >= 11 is 40.6. The Bertz CT molecular complexity index is 2130. The van der Waals surface area contributed by atoms with Gasteiger partial charge in [-0.3, -0.25) is 4.98 Å². The number of fused-ring (bicyclic) bond motifs is 5. The Kier molecular flexibility index (Phi) is 7.10. The van der Waals surface area contributed by atoms with Gasteiger partial charge in [0.1, 0.15) is 11.1 Å². The van der Waals surface area contributed by atoms with Gasteiger partial charge in [0.25, 0.3) is 0 Å². The molecule has 0 saturated carbocycles. The number of hydrogen-bond donors (Lipinski definition) is 0. The van der Waals surface area contributed by atoms with Crippen molar-refractivity contribution in [2.24, 2.45) is 0 Å². The van der Waals surface area contributed by atoms with Crippen LogP contribution < -0.4 is 0 Å². The van der Waals surface area contributed by atoms with Crippen LogP contribution in [0.3, 0.4) is 0 Å². The number of aromatic nitrogens is 2. The minimum atomic E-state index is -0.608. The van der Waals surface area contributed by atoms with E-state index in [0.717, 1.165) is 49.8 Å². The van der Waals surface area contributed by atoms with Gasteiger partial charge < -0.3 is 8.98 Å². The smallest absolute Gasteiger partial charge is 0.161 e. The number of aryl methyl sites for hydroxylation is 1. The molecule has 3 heterocycles. The number of furan rings is 1. The Morgan fingerprint density at radius 3 is 1.95 bits per heavy atom. The summed E-state index contributed by atoms with van der Waals surface area (Å²) in [6, 6.07) is 23.5. The summed E-state index contributed by atoms with van der Waals surface area (Å²) in [5.41, 5.74) is 7.29. The molecular formula is C33H18Cl6N2O. The average Bonchev–Trinajstić information content (AvgIpc) is 3.46. The largest absolute Gasteiger partial charge is 0.454 e. The molecule has 0 aliphatic heterocycles. The number of rotatable bonds is 4. The summed E-state index contributed by atoms with van der Waals surface area (Å²) in [6.07, 6.45) is 3.08. The minimum absolute atomic E-state index is 0.358. The van der Waals surface area contributed by atoms with Crippen LogP contribution in [0.2, 0.25) is 30.1 Å². The molecule has 0 amide bonds. The van der Waals surface area contributed by atoms with Gasteiger partial charge in [-0.05, 0) is 66.6 Å². The fourth-order valence-corrected chi connectivity index (χ4v) is 7.86. The van der Waals surface area contributed by atoms with Gasteiger partial charge in [-0.25, -0.2) is 0 Å². The SMILES string of the molecule is Cc1cc(-n2c3ccccc3c3oc4ccccc4c32)cc(Cl)c1C(c1c(Cl)cncc1Cl)c1c(Cl)cc(Cl)cc1Cl. The zero-order chi connectivity index (χ0) is 29.3. The molecule has 3 aromatic heterocycles. The van der Waals surface area contributed by atoms with E-state index >= 15 is 0 Å². The Labute approximate surface area is 271 Å². The quantitative estimate of drug-likeness (QED) is 0.187. The molecular weight excluding hydrogens is 653 g/mol. The Morgan fingerprint density at radius 1 is 0.667 bits per heavy atom. The number of hydrogen-bond acceptors (Lipinski definition) is 2. The van der Waals surface area contributed by atoms with Gasteiger partial charge in [-0.2, -0.15) is 0 Å². The lowest BCUT2D eigenvalue weighted by Crippen LogP contribution is -2.10. The first-order chi connectivity index (χ1) is 20.2. The first-order valence-electron chi connectivity index (χ1n) is 12.9. The summed E-state index contributed by atoms with van der Waals surface area (Å²) in [6.45, 7) is 1.99. The van der Waals surface area contributed by atoms with Crippen LogP contribution in [0.1, 0.15) is 28.2 Å². The van der Waals surface area contributed by atoms with E-state index in [-0.39, 0.29) is 0 Å². The molecule has 0 spiro atoms. The molecule has 0 radical (unpaired) electrons. The van der Waals surface area contributed by atoms with Crippen LogP contribution >= 0.6 is 69.6 Å². The Balaban J connectivity index is 1.53. The molecule has 3 nitrogen and oxygen atoms in total. The monoisotopic (exact) mass is 668 g/mol. The standard InChI is InChI=1S/C33H18Cl6N2O/c1-16-10-18(41-26-8-4-2-6-19(26)33-32(41)20-7-3-5-9-27(20)42-33)13-23(37)28(16)31(30-24(38)14-40-15-25(30)39)29-21(35)11-17(34)12-22(29)36/h2-15,31H,1H3. The molecule has 4 aromatic carbocycles. The minimum Gasteiger partial charge on any atom is -0.454 e. The molecule has 7 rings (SSSR count). The lowest BCUT2D eigenvalue weighted by Gasteiger charge is -2.26. The number of benzene rings is 4. The van der Waals surface area contributed by atoms with Crippen molar-refractivity contribution in [3.05, 3.63) is 138 Å². The van der Waals surface area contributed by atoms with Gasteiger partial charge in [0.05, 0.1) is 15.6 Å². The van der Waals surface area contributed by atoms with Crippen LogP contribution in [-0.2, 0) is 0 Å². The van der Waals surface area contributed by atoms with Crippen molar-refractivity contribution in [2.45, 2.75) is 12.8 Å². The van der Waals surface area contributed by atoms with Gasteiger partial charge >= 0.3 is 0 Å². The second kappa shape index (κ2) is 10.7. The van der Waals surface area contributed by atoms with E-state index in [1.807, 2.05) is 43.3 Å². The first-order valence-corrected chi connectivity index (χ1v) is 15.2. The van der Waals surface area contributed by atoms with Crippen LogP contribution in [0.5, 0.6) is 0 Å². The van der Waals surface area contributed by atoms with E-state index in [2.05, 4.69) is 33.8 Å². The number of nitrogens with zero attached hydrogens (tertiary/aromatic N) is 2. The van der Waals surface area contributed by atoms with Gasteiger partial charge in [0.2, 0.25) is 0 Å². The van der Waals surface area contributed by atoms with Gasteiger partial charge in [-0.1, -0.05) is 93.9 Å². The number of pyridine rings is 1. The van der Waals surface area contributed by atoms with Crippen LogP contribution in [0.15, 0.2) is 89.6 Å². The number of para-hydroxylation sites is 2. The Hall–Kier alpha value is -2.89. The summed E-state index contributed by atoms with van der Waals surface area (Å²) in [4.78, 5) is 4.15. The average molecular weight is 671 g/mol. The maximum absolute atomic E-state index is 7.23. The van der Waals surface area contributed by atoms with Crippen molar-refractivity contribution in [2.75, 3.05) is 0 Å². The third-order valence-corrected chi connectivity index (χ3v) is 9.32. The van der Waals surface area contributed by atoms with E-state index in [1.165, 1.54) is 12.4 Å². The fraction of sp³-hybridized carbons (Fsp3) is 0.0606. The van der Waals surface area contributed by atoms with Gasteiger partial charge in [0.15, 0.2) is 5.58 Å². The fourth-order valence-electron chi connectivity index (χ4n) is 5.88. The maximum Gasteiger partial charge on any atom is 0.161 e. The maximum atomic E-state index is 7.23. The molecule has 208 valence electrons. The summed E-state index contributed by atoms with van der Waals surface area (Å²) in [5.74, 6) is -0.608. The lowest BCUT2D eigenvalue weighted by atomic mass is 9.83. The summed E-state index contributed by atoms with van der Waals surface area (Å²) in [7, 11) is 0. The molecule has 1 atom stereocenters. The normalized spacial score (nSPS) is 12.5. The zero-order valence-electron chi connectivity index (χ0n) is 21.7. The zero-order valence-corrected chi connectivity index (χ0v) is 26.3. The molecule has 0 bridgehead atoms. The molecule has 1 unspecified atom stereocenters. The van der Waals surface area contributed by atoms with Crippen molar-refractivity contribution in [3.63, 3.8) is 0 Å². The van der Waals surface area contributed by atoms with Gasteiger partial charge in [-0.15, -0.1) is 0 Å². The van der Waals surface area contributed by atoms with Crippen molar-refractivity contribution in [3.8, 4) is 5.69 Å². The van der Waals surface area contributed by atoms with E-state index in [4.69, 9.17) is 74.0 Å². The molecule has 0 saturated heterocycles. The predicted molar refractivity (Wildman–Crippen MR) is 177 cm³/mol. The molecule has 7 aromatic rings. The summed E-state index contributed by atoms with van der Waals surface area (Å²) in [5, 5.41) is 4.36. The number of halogens is 6. The van der Waals surface area contributed by atoms with E-state index in [9.17, 15) is 0 Å². The van der Waals surface area contributed by atoms with Crippen molar-refractivity contribution >= 4 is 103 Å². The molecule has 0 aliphatic carbocycles. The lowest BCUT2D eigenvalue weighted by molar-refractivity contribution is 0.673. The van der Waals surface area contributed by atoms with Crippen LogP contribution in [0.4, 0.5) is 0 Å². The van der Waals surface area contributed by atoms with E-state index < -0.39 is 5.92 Å². The topological polar surface area (TPSA) is 31.0 Å².